The molecule has 0 spiro atoms. The van der Waals surface area contributed by atoms with Crippen LogP contribution in [0.2, 0.25) is 0 Å². The zero-order chi connectivity index (χ0) is 22.1. The van der Waals surface area contributed by atoms with Gasteiger partial charge in [-0.1, -0.05) is 23.4 Å². The predicted molar refractivity (Wildman–Crippen MR) is 114 cm³/mol. The number of aromatic nitrogens is 6. The Morgan fingerprint density at radius 3 is 2.66 bits per heavy atom. The van der Waals surface area contributed by atoms with Crippen LogP contribution in [0.5, 0.6) is 0 Å². The fourth-order valence-electron chi connectivity index (χ4n) is 3.02. The van der Waals surface area contributed by atoms with Crippen LogP contribution in [0.1, 0.15) is 10.6 Å². The maximum absolute atomic E-state index is 13.3. The van der Waals surface area contributed by atoms with Crippen LogP contribution < -0.4 is 5.56 Å². The van der Waals surface area contributed by atoms with Gasteiger partial charge in [-0.2, -0.15) is 9.67 Å². The van der Waals surface area contributed by atoms with Crippen LogP contribution in [-0.4, -0.2) is 35.7 Å². The SMILES string of the molecule is O=C(OCn1nnc2ccccc2c1=O)c1nc(-c2cccs2)n(-c2ccc(F)cc2)n1. The predicted octanol–water partition coefficient (Wildman–Crippen LogP) is 3.05. The van der Waals surface area contributed by atoms with Crippen molar-refractivity contribution in [3.8, 4) is 16.4 Å². The number of benzene rings is 2. The van der Waals surface area contributed by atoms with Crippen LogP contribution >= 0.6 is 11.3 Å². The molecule has 0 N–H and O–H groups in total. The van der Waals surface area contributed by atoms with Gasteiger partial charge in [-0.3, -0.25) is 4.79 Å². The average molecular weight is 448 g/mol. The monoisotopic (exact) mass is 448 g/mol. The van der Waals surface area contributed by atoms with Gasteiger partial charge in [-0.15, -0.1) is 21.5 Å². The number of hydrogen-bond donors (Lipinski definition) is 0. The first-order valence-electron chi connectivity index (χ1n) is 9.37. The van der Waals surface area contributed by atoms with Crippen LogP contribution in [0.4, 0.5) is 4.39 Å². The number of thiophene rings is 1. The van der Waals surface area contributed by atoms with Gasteiger partial charge in [-0.05, 0) is 47.8 Å². The van der Waals surface area contributed by atoms with E-state index in [1.54, 1.807) is 24.3 Å². The van der Waals surface area contributed by atoms with E-state index in [9.17, 15) is 14.0 Å². The fourth-order valence-corrected chi connectivity index (χ4v) is 3.72. The molecular weight excluding hydrogens is 435 g/mol. The summed E-state index contributed by atoms with van der Waals surface area (Å²) in [5, 5.41) is 14.2. The third kappa shape index (κ3) is 3.65. The number of halogens is 1. The van der Waals surface area contributed by atoms with Gasteiger partial charge in [0.15, 0.2) is 12.6 Å². The maximum atomic E-state index is 13.3. The molecule has 158 valence electrons. The Balaban J connectivity index is 1.44. The molecule has 5 aromatic rings. The number of nitrogens with zero attached hydrogens (tertiary/aromatic N) is 6. The normalized spacial score (nSPS) is 11.0. The highest BCUT2D eigenvalue weighted by Gasteiger charge is 2.21. The van der Waals surface area contributed by atoms with Crippen molar-refractivity contribution in [3.63, 3.8) is 0 Å². The van der Waals surface area contributed by atoms with E-state index in [4.69, 9.17) is 4.74 Å². The van der Waals surface area contributed by atoms with E-state index < -0.39 is 24.1 Å². The van der Waals surface area contributed by atoms with E-state index in [1.165, 1.54) is 40.3 Å². The Morgan fingerprint density at radius 1 is 1.06 bits per heavy atom. The number of ether oxygens (including phenoxy) is 1. The summed E-state index contributed by atoms with van der Waals surface area (Å²) in [6.45, 7) is -0.449. The molecule has 0 aliphatic heterocycles. The van der Waals surface area contributed by atoms with Gasteiger partial charge < -0.3 is 4.74 Å². The van der Waals surface area contributed by atoms with Crippen molar-refractivity contribution in [2.45, 2.75) is 6.73 Å². The molecule has 0 fully saturated rings. The smallest absolute Gasteiger partial charge is 0.380 e. The van der Waals surface area contributed by atoms with Crippen molar-refractivity contribution in [1.82, 2.24) is 29.8 Å². The molecule has 0 saturated heterocycles. The minimum atomic E-state index is -0.842. The van der Waals surface area contributed by atoms with E-state index in [-0.39, 0.29) is 5.82 Å². The molecule has 0 unspecified atom stereocenters. The molecule has 0 aliphatic rings. The van der Waals surface area contributed by atoms with Crippen molar-refractivity contribution in [1.29, 1.82) is 0 Å². The summed E-state index contributed by atoms with van der Waals surface area (Å²) in [5.41, 5.74) is 0.533. The van der Waals surface area contributed by atoms with E-state index >= 15 is 0 Å². The second-order valence-electron chi connectivity index (χ2n) is 6.60. The van der Waals surface area contributed by atoms with Crippen molar-refractivity contribution < 1.29 is 13.9 Å². The minimum Gasteiger partial charge on any atom is -0.436 e. The van der Waals surface area contributed by atoms with Crippen LogP contribution in [0.25, 0.3) is 27.3 Å². The third-order valence-electron chi connectivity index (χ3n) is 4.55. The summed E-state index contributed by atoms with van der Waals surface area (Å²) in [4.78, 5) is 30.2. The lowest BCUT2D eigenvalue weighted by molar-refractivity contribution is 0.0322. The first-order chi connectivity index (χ1) is 15.6. The van der Waals surface area contributed by atoms with E-state index in [0.717, 1.165) is 9.56 Å². The average Bonchev–Trinajstić information content (AvgIpc) is 3.49. The van der Waals surface area contributed by atoms with Gasteiger partial charge in [0.05, 0.1) is 16.0 Å². The number of esters is 1. The van der Waals surface area contributed by atoms with Crippen molar-refractivity contribution in [3.05, 3.63) is 88.0 Å². The van der Waals surface area contributed by atoms with Gasteiger partial charge in [0.1, 0.15) is 11.3 Å². The Bertz CT molecular complexity index is 1480. The molecule has 0 aliphatic carbocycles. The Kier molecular flexibility index (Phi) is 5.00. The first-order valence-corrected chi connectivity index (χ1v) is 10.2. The highest BCUT2D eigenvalue weighted by molar-refractivity contribution is 7.13. The van der Waals surface area contributed by atoms with Crippen molar-refractivity contribution in [2.24, 2.45) is 0 Å². The van der Waals surface area contributed by atoms with Gasteiger partial charge in [-0.25, -0.2) is 13.9 Å². The Morgan fingerprint density at radius 2 is 1.88 bits per heavy atom. The molecule has 0 radical (unpaired) electrons. The second kappa shape index (κ2) is 8.12. The summed E-state index contributed by atoms with van der Waals surface area (Å²) in [6.07, 6.45) is 0. The number of hydrogen-bond acceptors (Lipinski definition) is 8. The largest absolute Gasteiger partial charge is 0.436 e. The number of rotatable bonds is 5. The van der Waals surface area contributed by atoms with Gasteiger partial charge in [0, 0.05) is 0 Å². The van der Waals surface area contributed by atoms with Crippen LogP contribution in [-0.2, 0) is 11.5 Å². The van der Waals surface area contributed by atoms with Crippen molar-refractivity contribution >= 4 is 28.2 Å². The lowest BCUT2D eigenvalue weighted by Gasteiger charge is -2.05. The highest BCUT2D eigenvalue weighted by atomic mass is 32.1. The number of carbonyl (C=O) groups is 1. The molecule has 32 heavy (non-hydrogen) atoms. The molecule has 5 rings (SSSR count). The lowest BCUT2D eigenvalue weighted by atomic mass is 10.2. The first kappa shape index (κ1) is 19.7. The van der Waals surface area contributed by atoms with Gasteiger partial charge in [0.2, 0.25) is 0 Å². The van der Waals surface area contributed by atoms with Crippen LogP contribution in [0.3, 0.4) is 0 Å². The molecule has 9 nitrogen and oxygen atoms in total. The lowest BCUT2D eigenvalue weighted by Crippen LogP contribution is -2.26. The molecule has 3 heterocycles. The molecule has 3 aromatic heterocycles. The number of carbonyl (C=O) groups excluding carboxylic acids is 1. The zero-order valence-electron chi connectivity index (χ0n) is 16.3. The third-order valence-corrected chi connectivity index (χ3v) is 5.42. The van der Waals surface area contributed by atoms with E-state index in [0.29, 0.717) is 22.4 Å². The Labute approximate surface area is 183 Å². The molecular formula is C21H13FN6O3S. The van der Waals surface area contributed by atoms with E-state index in [2.05, 4.69) is 20.4 Å². The summed E-state index contributed by atoms with van der Waals surface area (Å²) in [5.74, 6) is -1.04. The van der Waals surface area contributed by atoms with Crippen molar-refractivity contribution in [2.75, 3.05) is 0 Å². The highest BCUT2D eigenvalue weighted by Crippen LogP contribution is 2.25. The molecule has 0 amide bonds. The van der Waals surface area contributed by atoms with Gasteiger partial charge >= 0.3 is 5.97 Å². The van der Waals surface area contributed by atoms with Gasteiger partial charge in [0.25, 0.3) is 11.4 Å². The summed E-state index contributed by atoms with van der Waals surface area (Å²) < 4.78 is 20.9. The minimum absolute atomic E-state index is 0.209. The molecule has 0 atom stereocenters. The number of fused-ring (bicyclic) bond motifs is 1. The molecule has 0 bridgehead atoms. The van der Waals surface area contributed by atoms with E-state index in [1.807, 2.05) is 17.5 Å². The topological polar surface area (TPSA) is 105 Å². The summed E-state index contributed by atoms with van der Waals surface area (Å²) >= 11 is 1.41. The maximum Gasteiger partial charge on any atom is 0.380 e. The fraction of sp³-hybridized carbons (Fsp3) is 0.0476. The van der Waals surface area contributed by atoms with Crippen LogP contribution in [0.15, 0.2) is 70.8 Å². The van der Waals surface area contributed by atoms with Crippen LogP contribution in [0, 0.1) is 5.82 Å². The standard InChI is InChI=1S/C21H13FN6O3S/c22-13-7-9-14(10-8-13)28-19(17-6-3-11-32-17)23-18(25-28)21(30)31-12-27-20(29)15-4-1-2-5-16(15)24-26-27/h1-11H,12H2. The molecule has 0 saturated carbocycles. The summed E-state index contributed by atoms with van der Waals surface area (Å²) in [6, 6.07) is 16.0. The summed E-state index contributed by atoms with van der Waals surface area (Å²) in [7, 11) is 0. The zero-order valence-corrected chi connectivity index (χ0v) is 17.1. The Hall–Kier alpha value is -4.25. The molecule has 2 aromatic carbocycles. The quantitative estimate of drug-likeness (QED) is 0.381. The molecule has 11 heteroatoms. The second-order valence-corrected chi connectivity index (χ2v) is 7.54.